The first kappa shape index (κ1) is 27.3. The number of nitrogens with one attached hydrogen (secondary N) is 4. The van der Waals surface area contributed by atoms with E-state index in [1.54, 1.807) is 24.4 Å². The highest BCUT2D eigenvalue weighted by atomic mass is 32.2. The molecule has 3 aromatic heterocycles. The molecule has 0 amide bonds. The van der Waals surface area contributed by atoms with Crippen LogP contribution in [0.4, 0.5) is 24.7 Å². The minimum Gasteiger partial charge on any atom is -0.346 e. The van der Waals surface area contributed by atoms with E-state index in [9.17, 15) is 22.0 Å². The Hall–Kier alpha value is -5.30. The molecule has 0 saturated heterocycles. The molecule has 5 aromatic rings. The molecule has 0 aliphatic rings. The van der Waals surface area contributed by atoms with E-state index in [-0.39, 0.29) is 16.6 Å². The summed E-state index contributed by atoms with van der Waals surface area (Å²) in [5, 5.41) is 11.0. The number of hydrogen-bond donors (Lipinski definition) is 4. The van der Waals surface area contributed by atoms with Crippen molar-refractivity contribution in [3.05, 3.63) is 120 Å². The van der Waals surface area contributed by atoms with E-state index in [0.717, 1.165) is 42.6 Å². The summed E-state index contributed by atoms with van der Waals surface area (Å²) in [5.41, 5.74) is -0.817. The van der Waals surface area contributed by atoms with E-state index in [2.05, 4.69) is 20.3 Å². The molecule has 0 radical (unpaired) electrons. The first-order chi connectivity index (χ1) is 19.7. The first-order valence-electron chi connectivity index (χ1n) is 11.8. The SMILES string of the molecule is N=C/C(=C\Nc1ccccn1)c1cnc2[nH]cc(C(=O)c3c(F)ccc(NS(=O)(=O)c4cccc(F)c4)c3F)c2c1. The number of H-pyrrole nitrogens is 1. The number of benzene rings is 2. The maximum Gasteiger partial charge on any atom is 0.262 e. The van der Waals surface area contributed by atoms with E-state index in [4.69, 9.17) is 5.41 Å². The highest BCUT2D eigenvalue weighted by molar-refractivity contribution is 7.92. The fourth-order valence-corrected chi connectivity index (χ4v) is 5.06. The third-order valence-electron chi connectivity index (χ3n) is 5.97. The van der Waals surface area contributed by atoms with Crippen molar-refractivity contribution in [2.45, 2.75) is 4.90 Å². The highest BCUT2D eigenvalue weighted by Gasteiger charge is 2.26. The fourth-order valence-electron chi connectivity index (χ4n) is 3.97. The average Bonchev–Trinajstić information content (AvgIpc) is 3.39. The molecule has 0 aliphatic carbocycles. The molecule has 206 valence electrons. The third kappa shape index (κ3) is 5.56. The van der Waals surface area contributed by atoms with Crippen molar-refractivity contribution in [1.29, 1.82) is 5.41 Å². The van der Waals surface area contributed by atoms with E-state index < -0.39 is 49.4 Å². The number of rotatable bonds is 9. The summed E-state index contributed by atoms with van der Waals surface area (Å²) in [6.45, 7) is 0. The zero-order chi connectivity index (χ0) is 29.1. The van der Waals surface area contributed by atoms with Crippen LogP contribution in [0, 0.1) is 22.9 Å². The normalized spacial score (nSPS) is 11.8. The second-order valence-electron chi connectivity index (χ2n) is 8.60. The average molecular weight is 577 g/mol. The summed E-state index contributed by atoms with van der Waals surface area (Å²) in [4.78, 5) is 24.1. The van der Waals surface area contributed by atoms with Crippen LogP contribution in [0.3, 0.4) is 0 Å². The molecule has 2 aromatic carbocycles. The first-order valence-corrected chi connectivity index (χ1v) is 13.3. The van der Waals surface area contributed by atoms with Gasteiger partial charge in [0.1, 0.15) is 23.1 Å². The van der Waals surface area contributed by atoms with E-state index in [0.29, 0.717) is 17.0 Å². The van der Waals surface area contributed by atoms with Gasteiger partial charge in [-0.3, -0.25) is 9.52 Å². The molecule has 0 spiro atoms. The topological polar surface area (TPSA) is 141 Å². The Balaban J connectivity index is 1.50. The van der Waals surface area contributed by atoms with Gasteiger partial charge in [-0.15, -0.1) is 0 Å². The van der Waals surface area contributed by atoms with Crippen LogP contribution in [0.15, 0.2) is 90.3 Å². The number of ketones is 1. The number of sulfonamides is 1. The lowest BCUT2D eigenvalue weighted by molar-refractivity contribution is 0.103. The molecule has 4 N–H and O–H groups in total. The number of pyridine rings is 2. The van der Waals surface area contributed by atoms with Crippen molar-refractivity contribution < 1.29 is 26.4 Å². The van der Waals surface area contributed by atoms with Crippen molar-refractivity contribution in [3.63, 3.8) is 0 Å². The van der Waals surface area contributed by atoms with Crippen LogP contribution in [0.25, 0.3) is 16.6 Å². The molecule has 5 rings (SSSR count). The highest BCUT2D eigenvalue weighted by Crippen LogP contribution is 2.29. The van der Waals surface area contributed by atoms with Gasteiger partial charge in [-0.2, -0.15) is 0 Å². The minimum atomic E-state index is -4.46. The lowest BCUT2D eigenvalue weighted by atomic mass is 10.00. The van der Waals surface area contributed by atoms with E-state index >= 15 is 4.39 Å². The molecule has 0 aliphatic heterocycles. The van der Waals surface area contributed by atoms with Crippen LogP contribution in [-0.4, -0.2) is 35.4 Å². The van der Waals surface area contributed by atoms with Crippen LogP contribution in [-0.2, 0) is 10.0 Å². The van der Waals surface area contributed by atoms with Crippen molar-refractivity contribution in [3.8, 4) is 0 Å². The smallest absolute Gasteiger partial charge is 0.262 e. The third-order valence-corrected chi connectivity index (χ3v) is 7.34. The Kier molecular flexibility index (Phi) is 7.36. The van der Waals surface area contributed by atoms with Crippen molar-refractivity contribution >= 4 is 50.1 Å². The van der Waals surface area contributed by atoms with Crippen LogP contribution in [0.2, 0.25) is 0 Å². The van der Waals surface area contributed by atoms with Gasteiger partial charge in [0.2, 0.25) is 5.78 Å². The molecule has 41 heavy (non-hydrogen) atoms. The van der Waals surface area contributed by atoms with Crippen LogP contribution in [0.1, 0.15) is 21.5 Å². The van der Waals surface area contributed by atoms with Crippen LogP contribution >= 0.6 is 0 Å². The predicted octanol–water partition coefficient (Wildman–Crippen LogP) is 5.51. The number of anilines is 2. The van der Waals surface area contributed by atoms with Gasteiger partial charge >= 0.3 is 0 Å². The van der Waals surface area contributed by atoms with Crippen LogP contribution < -0.4 is 10.0 Å². The Bertz CT molecular complexity index is 1940. The monoisotopic (exact) mass is 576 g/mol. The molecule has 0 atom stereocenters. The molecular formula is C28H19F3N6O3S. The Labute approximate surface area is 231 Å². The standard InChI is InChI=1S/C28H19F3N6O3S/c29-18-4-3-5-19(11-18)41(39,40)37-23-8-7-22(30)25(26(23)31)27(38)21-15-36-28-20(21)10-16(13-35-28)17(12-32)14-34-24-6-1-2-9-33-24/h1-15,32,37H,(H,33,34)(H,35,36)/b17-14+,32-12?. The van der Waals surface area contributed by atoms with Gasteiger partial charge in [-0.25, -0.2) is 31.6 Å². The van der Waals surface area contributed by atoms with Gasteiger partial charge in [0.05, 0.1) is 16.1 Å². The van der Waals surface area contributed by atoms with Gasteiger partial charge in [0, 0.05) is 53.1 Å². The summed E-state index contributed by atoms with van der Waals surface area (Å²) in [6, 6.07) is 12.4. The number of aromatic nitrogens is 3. The molecule has 13 heteroatoms. The van der Waals surface area contributed by atoms with E-state index in [1.807, 2.05) is 4.72 Å². The summed E-state index contributed by atoms with van der Waals surface area (Å²) in [6.07, 6.45) is 6.84. The number of carbonyl (C=O) groups is 1. The minimum absolute atomic E-state index is 0.140. The second kappa shape index (κ2) is 11.1. The largest absolute Gasteiger partial charge is 0.346 e. The molecule has 0 saturated carbocycles. The number of nitrogens with zero attached hydrogens (tertiary/aromatic N) is 2. The van der Waals surface area contributed by atoms with Gasteiger partial charge in [-0.05, 0) is 48.5 Å². The van der Waals surface area contributed by atoms with Crippen molar-refractivity contribution in [2.24, 2.45) is 0 Å². The maximum absolute atomic E-state index is 15.5. The van der Waals surface area contributed by atoms with E-state index in [1.165, 1.54) is 24.7 Å². The van der Waals surface area contributed by atoms with Crippen molar-refractivity contribution in [1.82, 2.24) is 15.0 Å². The Morgan fingerprint density at radius 1 is 1.00 bits per heavy atom. The zero-order valence-electron chi connectivity index (χ0n) is 20.8. The lowest BCUT2D eigenvalue weighted by Gasteiger charge is -2.12. The number of allylic oxidation sites excluding steroid dienone is 1. The molecular weight excluding hydrogens is 557 g/mol. The van der Waals surface area contributed by atoms with Crippen LogP contribution in [0.5, 0.6) is 0 Å². The second-order valence-corrected chi connectivity index (χ2v) is 10.3. The molecule has 0 fully saturated rings. The van der Waals surface area contributed by atoms with Gasteiger partial charge in [0.25, 0.3) is 10.0 Å². The Morgan fingerprint density at radius 2 is 1.83 bits per heavy atom. The maximum atomic E-state index is 15.5. The summed E-state index contributed by atoms with van der Waals surface area (Å²) >= 11 is 0. The quantitative estimate of drug-likeness (QED) is 0.135. The van der Waals surface area contributed by atoms with Gasteiger partial charge in [-0.1, -0.05) is 12.1 Å². The fraction of sp³-hybridized carbons (Fsp3) is 0. The van der Waals surface area contributed by atoms with Gasteiger partial charge < -0.3 is 15.7 Å². The molecule has 0 bridgehead atoms. The summed E-state index contributed by atoms with van der Waals surface area (Å²) in [5.74, 6) is -4.06. The summed E-state index contributed by atoms with van der Waals surface area (Å²) in [7, 11) is -4.46. The number of halogens is 3. The lowest BCUT2D eigenvalue weighted by Crippen LogP contribution is -2.16. The summed E-state index contributed by atoms with van der Waals surface area (Å²) < 4.78 is 71.2. The molecule has 0 unspecified atom stereocenters. The molecule has 3 heterocycles. The Morgan fingerprint density at radius 3 is 2.56 bits per heavy atom. The number of fused-ring (bicyclic) bond motifs is 1. The predicted molar refractivity (Wildman–Crippen MR) is 148 cm³/mol. The van der Waals surface area contributed by atoms with Gasteiger partial charge in [0.15, 0.2) is 5.82 Å². The number of aromatic amines is 1. The number of carbonyl (C=O) groups excluding carboxylic acids is 1. The van der Waals surface area contributed by atoms with Crippen molar-refractivity contribution in [2.75, 3.05) is 10.0 Å². The number of hydrogen-bond acceptors (Lipinski definition) is 7. The zero-order valence-corrected chi connectivity index (χ0v) is 21.6. The molecule has 9 nitrogen and oxygen atoms in total.